The van der Waals surface area contributed by atoms with E-state index in [4.69, 9.17) is 4.74 Å². The number of rotatable bonds is 7. The molecule has 1 N–H and O–H groups in total. The van der Waals surface area contributed by atoms with E-state index in [0.29, 0.717) is 13.0 Å². The number of nitrogens with one attached hydrogen (secondary N) is 1. The van der Waals surface area contributed by atoms with E-state index in [1.165, 1.54) is 0 Å². The molecule has 0 unspecified atom stereocenters. The van der Waals surface area contributed by atoms with Gasteiger partial charge in [0.25, 0.3) is 0 Å². The maximum atomic E-state index is 12.1. The van der Waals surface area contributed by atoms with Gasteiger partial charge in [0.15, 0.2) is 9.84 Å². The van der Waals surface area contributed by atoms with Crippen molar-refractivity contribution in [1.29, 1.82) is 0 Å². The molecule has 23 heavy (non-hydrogen) atoms. The van der Waals surface area contributed by atoms with Crippen LogP contribution < -0.4 is 5.32 Å². The Labute approximate surface area is 139 Å². The van der Waals surface area contributed by atoms with Crippen LogP contribution in [-0.4, -0.2) is 93.7 Å². The van der Waals surface area contributed by atoms with E-state index < -0.39 is 9.84 Å². The molecule has 0 radical (unpaired) electrons. The lowest BCUT2D eigenvalue weighted by Crippen LogP contribution is -2.47. The Morgan fingerprint density at radius 3 is 2.83 bits per heavy atom. The topological polar surface area (TPSA) is 79.0 Å². The van der Waals surface area contributed by atoms with Crippen molar-refractivity contribution in [2.75, 3.05) is 57.4 Å². The van der Waals surface area contributed by atoms with Crippen LogP contribution in [0.2, 0.25) is 0 Å². The minimum absolute atomic E-state index is 0.0794. The number of hydrogen-bond donors (Lipinski definition) is 1. The van der Waals surface area contributed by atoms with Crippen molar-refractivity contribution in [1.82, 2.24) is 15.1 Å². The smallest absolute Gasteiger partial charge is 0.234 e. The van der Waals surface area contributed by atoms with Crippen LogP contribution in [0, 0.1) is 0 Å². The number of carbonyl (C=O) groups is 1. The molecule has 0 spiro atoms. The van der Waals surface area contributed by atoms with Crippen LogP contribution in [0.15, 0.2) is 0 Å². The Morgan fingerprint density at radius 2 is 2.22 bits per heavy atom. The van der Waals surface area contributed by atoms with Crippen molar-refractivity contribution >= 4 is 15.7 Å². The average molecular weight is 347 g/mol. The fraction of sp³-hybridized carbons (Fsp3) is 0.933. The number of carbonyl (C=O) groups excluding carboxylic acids is 1. The first kappa shape index (κ1) is 18.6. The summed E-state index contributed by atoms with van der Waals surface area (Å²) in [5.74, 6) is 0.186. The van der Waals surface area contributed by atoms with Gasteiger partial charge in [-0.3, -0.25) is 14.6 Å². The van der Waals surface area contributed by atoms with Gasteiger partial charge in [0.1, 0.15) is 0 Å². The number of likely N-dealkylation sites (N-methyl/N-ethyl adjacent to an activating group) is 1. The molecule has 134 valence electrons. The first-order chi connectivity index (χ1) is 10.9. The van der Waals surface area contributed by atoms with Crippen molar-refractivity contribution in [2.45, 2.75) is 32.4 Å². The number of amides is 1. The fourth-order valence-electron chi connectivity index (χ4n) is 3.11. The van der Waals surface area contributed by atoms with Crippen LogP contribution in [0.5, 0.6) is 0 Å². The molecular formula is C15H29N3O4S. The molecule has 0 saturated carbocycles. The standard InChI is InChI=1S/C15H29N3O4S/c1-3-17(5-6-18-7-8-22-13(2)10-18)11-15(19)16-14-4-9-23(20,21)12-14/h13-14H,3-12H2,1-2H3,(H,16,19)/t13-,14+/m1/s1. The predicted molar refractivity (Wildman–Crippen MR) is 89.2 cm³/mol. The van der Waals surface area contributed by atoms with Crippen LogP contribution >= 0.6 is 0 Å². The predicted octanol–water partition coefficient (Wildman–Crippen LogP) is -0.668. The largest absolute Gasteiger partial charge is 0.376 e. The summed E-state index contributed by atoms with van der Waals surface area (Å²) in [5, 5.41) is 2.85. The maximum Gasteiger partial charge on any atom is 0.234 e. The Hall–Kier alpha value is -0.700. The van der Waals surface area contributed by atoms with Gasteiger partial charge in [0, 0.05) is 32.2 Å². The van der Waals surface area contributed by atoms with Gasteiger partial charge < -0.3 is 10.1 Å². The molecule has 0 aromatic rings. The van der Waals surface area contributed by atoms with Crippen molar-refractivity contribution in [2.24, 2.45) is 0 Å². The summed E-state index contributed by atoms with van der Waals surface area (Å²) in [6.07, 6.45) is 0.803. The molecule has 2 atom stereocenters. The summed E-state index contributed by atoms with van der Waals surface area (Å²) < 4.78 is 28.4. The summed E-state index contributed by atoms with van der Waals surface area (Å²) >= 11 is 0. The second-order valence-electron chi connectivity index (χ2n) is 6.52. The lowest BCUT2D eigenvalue weighted by Gasteiger charge is -2.32. The molecule has 0 bridgehead atoms. The van der Waals surface area contributed by atoms with E-state index in [1.807, 2.05) is 6.92 Å². The summed E-state index contributed by atoms with van der Waals surface area (Å²) in [6, 6.07) is -0.216. The molecule has 2 aliphatic heterocycles. The lowest BCUT2D eigenvalue weighted by molar-refractivity contribution is -0.122. The Kier molecular flexibility index (Phi) is 6.82. The van der Waals surface area contributed by atoms with Crippen molar-refractivity contribution in [3.8, 4) is 0 Å². The van der Waals surface area contributed by atoms with Crippen molar-refractivity contribution in [3.63, 3.8) is 0 Å². The zero-order chi connectivity index (χ0) is 16.9. The summed E-state index contributed by atoms with van der Waals surface area (Å²) in [6.45, 7) is 9.64. The Bertz CT molecular complexity index is 497. The normalized spacial score (nSPS) is 28.1. The van der Waals surface area contributed by atoms with Crippen LogP contribution in [0.25, 0.3) is 0 Å². The SMILES string of the molecule is CCN(CCN1CCO[C@H](C)C1)CC(=O)N[C@H]1CCS(=O)(=O)C1. The molecule has 2 rings (SSSR count). The monoisotopic (exact) mass is 347 g/mol. The third-order valence-corrected chi connectivity index (χ3v) is 6.24. The van der Waals surface area contributed by atoms with E-state index in [9.17, 15) is 13.2 Å². The van der Waals surface area contributed by atoms with Gasteiger partial charge in [-0.15, -0.1) is 0 Å². The molecule has 2 fully saturated rings. The Morgan fingerprint density at radius 1 is 1.43 bits per heavy atom. The molecular weight excluding hydrogens is 318 g/mol. The fourth-order valence-corrected chi connectivity index (χ4v) is 4.78. The van der Waals surface area contributed by atoms with Gasteiger partial charge in [-0.1, -0.05) is 6.92 Å². The van der Waals surface area contributed by atoms with E-state index in [1.54, 1.807) is 0 Å². The number of ether oxygens (including phenoxy) is 1. The minimum Gasteiger partial charge on any atom is -0.376 e. The third kappa shape index (κ3) is 6.37. The molecule has 2 aliphatic rings. The van der Waals surface area contributed by atoms with E-state index in [-0.39, 0.29) is 29.6 Å². The van der Waals surface area contributed by atoms with Crippen LogP contribution in [0.4, 0.5) is 0 Å². The first-order valence-corrected chi connectivity index (χ1v) is 10.3. The van der Waals surface area contributed by atoms with Crippen LogP contribution in [0.1, 0.15) is 20.3 Å². The molecule has 1 amide bonds. The quantitative estimate of drug-likeness (QED) is 0.658. The molecule has 7 nitrogen and oxygen atoms in total. The van der Waals surface area contributed by atoms with Gasteiger partial charge in [-0.05, 0) is 19.9 Å². The summed E-state index contributed by atoms with van der Waals surface area (Å²) in [4.78, 5) is 16.6. The maximum absolute atomic E-state index is 12.1. The highest BCUT2D eigenvalue weighted by Gasteiger charge is 2.29. The van der Waals surface area contributed by atoms with Crippen LogP contribution in [0.3, 0.4) is 0 Å². The zero-order valence-electron chi connectivity index (χ0n) is 14.2. The van der Waals surface area contributed by atoms with Gasteiger partial charge in [-0.25, -0.2) is 8.42 Å². The minimum atomic E-state index is -2.95. The van der Waals surface area contributed by atoms with E-state index in [2.05, 4.69) is 22.0 Å². The first-order valence-electron chi connectivity index (χ1n) is 8.44. The second kappa shape index (κ2) is 8.41. The highest BCUT2D eigenvalue weighted by Crippen LogP contribution is 2.11. The average Bonchev–Trinajstić information content (AvgIpc) is 2.82. The lowest BCUT2D eigenvalue weighted by atomic mass is 10.2. The molecule has 0 aliphatic carbocycles. The van der Waals surface area contributed by atoms with Crippen molar-refractivity contribution < 1.29 is 17.9 Å². The third-order valence-electron chi connectivity index (χ3n) is 4.47. The number of sulfone groups is 1. The zero-order valence-corrected chi connectivity index (χ0v) is 15.0. The highest BCUT2D eigenvalue weighted by atomic mass is 32.2. The van der Waals surface area contributed by atoms with E-state index >= 15 is 0 Å². The van der Waals surface area contributed by atoms with Gasteiger partial charge in [0.2, 0.25) is 5.91 Å². The number of nitrogens with zero attached hydrogens (tertiary/aromatic N) is 2. The second-order valence-corrected chi connectivity index (χ2v) is 8.75. The number of hydrogen-bond acceptors (Lipinski definition) is 6. The molecule has 0 aromatic heterocycles. The molecule has 2 heterocycles. The summed E-state index contributed by atoms with van der Waals surface area (Å²) in [5.41, 5.74) is 0. The van der Waals surface area contributed by atoms with E-state index in [0.717, 1.165) is 39.3 Å². The van der Waals surface area contributed by atoms with Crippen molar-refractivity contribution in [3.05, 3.63) is 0 Å². The van der Waals surface area contributed by atoms with Gasteiger partial charge in [-0.2, -0.15) is 0 Å². The highest BCUT2D eigenvalue weighted by molar-refractivity contribution is 7.91. The molecule has 8 heteroatoms. The number of morpholine rings is 1. The molecule has 2 saturated heterocycles. The van der Waals surface area contributed by atoms with Crippen LogP contribution in [-0.2, 0) is 19.4 Å². The van der Waals surface area contributed by atoms with Gasteiger partial charge >= 0.3 is 0 Å². The Balaban J connectivity index is 1.70. The van der Waals surface area contributed by atoms with Gasteiger partial charge in [0.05, 0.1) is 30.8 Å². The molecule has 0 aromatic carbocycles. The summed E-state index contributed by atoms with van der Waals surface area (Å²) in [7, 11) is -2.95.